The molecule has 0 unspecified atom stereocenters. The zero-order valence-corrected chi connectivity index (χ0v) is 18.2. The second-order valence-electron chi connectivity index (χ2n) is 7.62. The molecule has 7 heteroatoms. The van der Waals surface area contributed by atoms with Crippen LogP contribution in [0.5, 0.6) is 5.75 Å². The van der Waals surface area contributed by atoms with Crippen molar-refractivity contribution in [2.45, 2.75) is 39.7 Å². The van der Waals surface area contributed by atoms with Crippen molar-refractivity contribution >= 4 is 11.9 Å². The van der Waals surface area contributed by atoms with E-state index < -0.39 is 0 Å². The predicted molar refractivity (Wildman–Crippen MR) is 118 cm³/mol. The van der Waals surface area contributed by atoms with E-state index in [1.807, 2.05) is 31.2 Å². The summed E-state index contributed by atoms with van der Waals surface area (Å²) in [6, 6.07) is 7.66. The Morgan fingerprint density at radius 3 is 2.55 bits per heavy atom. The number of amides is 1. The van der Waals surface area contributed by atoms with E-state index in [0.717, 1.165) is 43.3 Å². The van der Waals surface area contributed by atoms with Gasteiger partial charge in [0.25, 0.3) is 0 Å². The molecule has 3 N–H and O–H groups in total. The molecule has 1 aromatic carbocycles. The van der Waals surface area contributed by atoms with Gasteiger partial charge in [0.15, 0.2) is 5.96 Å². The Hall–Kier alpha value is -2.28. The van der Waals surface area contributed by atoms with Gasteiger partial charge in [0.2, 0.25) is 5.91 Å². The van der Waals surface area contributed by atoms with Crippen LogP contribution in [0.25, 0.3) is 0 Å². The molecular weight excluding hydrogens is 366 g/mol. The predicted octanol–water partition coefficient (Wildman–Crippen LogP) is 1.99. The largest absolute Gasteiger partial charge is 0.497 e. The van der Waals surface area contributed by atoms with Crippen molar-refractivity contribution in [2.24, 2.45) is 10.9 Å². The van der Waals surface area contributed by atoms with Crippen LogP contribution >= 0.6 is 0 Å². The number of nitrogens with one attached hydrogen (secondary N) is 3. The lowest BCUT2D eigenvalue weighted by molar-refractivity contribution is -0.119. The summed E-state index contributed by atoms with van der Waals surface area (Å²) in [5.41, 5.74) is 1.03. The first-order valence-corrected chi connectivity index (χ1v) is 10.7. The van der Waals surface area contributed by atoms with E-state index in [0.29, 0.717) is 12.5 Å². The molecule has 0 aliphatic carbocycles. The van der Waals surface area contributed by atoms with E-state index in [1.165, 1.54) is 25.9 Å². The van der Waals surface area contributed by atoms with E-state index in [-0.39, 0.29) is 12.5 Å². The minimum atomic E-state index is -0.0968. The monoisotopic (exact) mass is 403 g/mol. The second-order valence-corrected chi connectivity index (χ2v) is 7.62. The van der Waals surface area contributed by atoms with Crippen molar-refractivity contribution in [1.29, 1.82) is 0 Å². The lowest BCUT2D eigenvalue weighted by Crippen LogP contribution is -2.40. The second kappa shape index (κ2) is 13.0. The molecule has 0 spiro atoms. The molecule has 0 bridgehead atoms. The molecule has 0 saturated carbocycles. The van der Waals surface area contributed by atoms with Gasteiger partial charge in [-0.2, -0.15) is 0 Å². The van der Waals surface area contributed by atoms with E-state index in [2.05, 4.69) is 32.8 Å². The first-order chi connectivity index (χ1) is 14.1. The number of aliphatic imine (C=N–C) groups is 1. The van der Waals surface area contributed by atoms with Crippen LogP contribution in [0.2, 0.25) is 0 Å². The van der Waals surface area contributed by atoms with Crippen molar-refractivity contribution in [3.05, 3.63) is 29.8 Å². The number of likely N-dealkylation sites (tertiary alicyclic amines) is 1. The molecule has 162 valence electrons. The molecule has 29 heavy (non-hydrogen) atoms. The smallest absolute Gasteiger partial charge is 0.242 e. The SMILES string of the molecule is CCNC(=NCC(=O)NCc1ccc(OC)cc1)NCCCN1CCC(C)CC1. The first-order valence-electron chi connectivity index (χ1n) is 10.7. The molecular formula is C22H37N5O2. The maximum absolute atomic E-state index is 12.1. The minimum Gasteiger partial charge on any atom is -0.497 e. The van der Waals surface area contributed by atoms with Crippen LogP contribution in [0.15, 0.2) is 29.3 Å². The normalized spacial score (nSPS) is 15.8. The summed E-state index contributed by atoms with van der Waals surface area (Å²) in [4.78, 5) is 19.0. The molecule has 1 amide bonds. The van der Waals surface area contributed by atoms with Gasteiger partial charge in [0.1, 0.15) is 12.3 Å². The van der Waals surface area contributed by atoms with Crippen LogP contribution in [0.4, 0.5) is 0 Å². The molecule has 1 saturated heterocycles. The van der Waals surface area contributed by atoms with Crippen LogP contribution in [0.1, 0.15) is 38.7 Å². The number of ether oxygens (including phenoxy) is 1. The first kappa shape index (κ1) is 23.0. The van der Waals surface area contributed by atoms with Crippen molar-refractivity contribution < 1.29 is 9.53 Å². The van der Waals surface area contributed by atoms with E-state index in [9.17, 15) is 4.79 Å². The highest BCUT2D eigenvalue weighted by Crippen LogP contribution is 2.15. The number of methoxy groups -OCH3 is 1. The van der Waals surface area contributed by atoms with E-state index in [4.69, 9.17) is 4.74 Å². The van der Waals surface area contributed by atoms with Gasteiger partial charge in [0, 0.05) is 19.6 Å². The maximum Gasteiger partial charge on any atom is 0.242 e. The number of nitrogens with zero attached hydrogens (tertiary/aromatic N) is 2. The van der Waals surface area contributed by atoms with Gasteiger partial charge in [-0.1, -0.05) is 19.1 Å². The molecule has 1 aromatic rings. The average Bonchev–Trinajstić information content (AvgIpc) is 2.75. The molecule has 2 rings (SSSR count). The summed E-state index contributed by atoms with van der Waals surface area (Å²) in [5, 5.41) is 9.43. The summed E-state index contributed by atoms with van der Waals surface area (Å²) in [7, 11) is 1.64. The topological polar surface area (TPSA) is 78.0 Å². The van der Waals surface area contributed by atoms with Gasteiger partial charge in [0.05, 0.1) is 7.11 Å². The van der Waals surface area contributed by atoms with E-state index in [1.54, 1.807) is 7.11 Å². The minimum absolute atomic E-state index is 0.0968. The molecule has 7 nitrogen and oxygen atoms in total. The van der Waals surface area contributed by atoms with Gasteiger partial charge >= 0.3 is 0 Å². The number of carbonyl (C=O) groups excluding carboxylic acids is 1. The molecule has 0 radical (unpaired) electrons. The summed E-state index contributed by atoms with van der Waals surface area (Å²) >= 11 is 0. The van der Waals surface area contributed by atoms with Gasteiger partial charge in [-0.15, -0.1) is 0 Å². The summed E-state index contributed by atoms with van der Waals surface area (Å²) in [6.45, 7) is 10.1. The Balaban J connectivity index is 1.66. The number of benzene rings is 1. The zero-order chi connectivity index (χ0) is 20.9. The summed E-state index contributed by atoms with van der Waals surface area (Å²) in [6.07, 6.45) is 3.69. The fourth-order valence-electron chi connectivity index (χ4n) is 3.29. The number of rotatable bonds is 10. The highest BCUT2D eigenvalue weighted by atomic mass is 16.5. The fraction of sp³-hybridized carbons (Fsp3) is 0.636. The van der Waals surface area contributed by atoms with Crippen molar-refractivity contribution in [3.63, 3.8) is 0 Å². The van der Waals surface area contributed by atoms with E-state index >= 15 is 0 Å². The Kier molecular flexibility index (Phi) is 10.3. The Labute approximate surface area is 175 Å². The number of carbonyl (C=O) groups is 1. The zero-order valence-electron chi connectivity index (χ0n) is 18.2. The van der Waals surface area contributed by atoms with Crippen LogP contribution in [-0.2, 0) is 11.3 Å². The number of hydrogen-bond donors (Lipinski definition) is 3. The Bertz CT molecular complexity index is 625. The van der Waals surface area contributed by atoms with Crippen molar-refractivity contribution in [3.8, 4) is 5.75 Å². The van der Waals surface area contributed by atoms with Crippen LogP contribution in [0.3, 0.4) is 0 Å². The van der Waals surface area contributed by atoms with Gasteiger partial charge in [-0.25, -0.2) is 4.99 Å². The number of guanidine groups is 1. The maximum atomic E-state index is 12.1. The lowest BCUT2D eigenvalue weighted by atomic mass is 9.99. The quantitative estimate of drug-likeness (QED) is 0.316. The average molecular weight is 404 g/mol. The highest BCUT2D eigenvalue weighted by Gasteiger charge is 2.14. The number of piperidine rings is 1. The fourth-order valence-corrected chi connectivity index (χ4v) is 3.29. The third-order valence-corrected chi connectivity index (χ3v) is 5.19. The Morgan fingerprint density at radius 2 is 1.90 bits per heavy atom. The third kappa shape index (κ3) is 9.17. The summed E-state index contributed by atoms with van der Waals surface area (Å²) in [5.74, 6) is 2.27. The lowest BCUT2D eigenvalue weighted by Gasteiger charge is -2.30. The molecule has 1 aliphatic heterocycles. The van der Waals surface area contributed by atoms with Gasteiger partial charge in [-0.05, 0) is 69.4 Å². The Morgan fingerprint density at radius 1 is 1.17 bits per heavy atom. The van der Waals surface area contributed by atoms with Gasteiger partial charge in [-0.3, -0.25) is 4.79 Å². The molecule has 1 aliphatic rings. The highest BCUT2D eigenvalue weighted by molar-refractivity contribution is 5.84. The molecule has 1 heterocycles. The third-order valence-electron chi connectivity index (χ3n) is 5.19. The van der Waals surface area contributed by atoms with Gasteiger partial charge < -0.3 is 25.6 Å². The van der Waals surface area contributed by atoms with Crippen LogP contribution in [0, 0.1) is 5.92 Å². The van der Waals surface area contributed by atoms with Crippen LogP contribution in [-0.4, -0.2) is 63.1 Å². The standard InChI is InChI=1S/C22H37N5O2/c1-4-23-22(24-12-5-13-27-14-10-18(2)11-15-27)26-17-21(28)25-16-19-6-8-20(29-3)9-7-19/h6-9,18H,4-5,10-17H2,1-3H3,(H,25,28)(H2,23,24,26). The molecule has 0 aromatic heterocycles. The van der Waals surface area contributed by atoms with Crippen LogP contribution < -0.4 is 20.7 Å². The molecule has 0 atom stereocenters. The molecule has 1 fully saturated rings. The van der Waals surface area contributed by atoms with Crippen molar-refractivity contribution in [2.75, 3.05) is 46.4 Å². The summed E-state index contributed by atoms with van der Waals surface area (Å²) < 4.78 is 5.14. The number of hydrogen-bond acceptors (Lipinski definition) is 4. The van der Waals surface area contributed by atoms with Crippen molar-refractivity contribution in [1.82, 2.24) is 20.9 Å².